The van der Waals surface area contributed by atoms with Crippen molar-refractivity contribution in [3.63, 3.8) is 0 Å². The van der Waals surface area contributed by atoms with Crippen LogP contribution >= 0.6 is 23.2 Å². The molecule has 6 aromatic carbocycles. The van der Waals surface area contributed by atoms with E-state index in [0.717, 1.165) is 48.7 Å². The summed E-state index contributed by atoms with van der Waals surface area (Å²) in [6.07, 6.45) is -1.95. The van der Waals surface area contributed by atoms with Crippen molar-refractivity contribution in [3.8, 4) is 34.5 Å². The fraction of sp³-hybridized carbons (Fsp3) is 0.296. The summed E-state index contributed by atoms with van der Waals surface area (Å²) in [5, 5.41) is 14.5. The molecule has 71 heavy (non-hydrogen) atoms. The van der Waals surface area contributed by atoms with Crippen LogP contribution in [0.25, 0.3) is 0 Å². The van der Waals surface area contributed by atoms with E-state index in [1.807, 2.05) is 101 Å². The number of carbonyl (C=O) groups excluding carboxylic acids is 2. The summed E-state index contributed by atoms with van der Waals surface area (Å²) in [6.45, 7) is 3.68. The molecule has 2 fully saturated rings. The molecule has 0 bridgehead atoms. The summed E-state index contributed by atoms with van der Waals surface area (Å²) in [6, 6.07) is 43.0. The number of aliphatic hydroxyl groups excluding tert-OH is 1. The Morgan fingerprint density at radius 2 is 0.972 bits per heavy atom. The van der Waals surface area contributed by atoms with Crippen LogP contribution in [0.2, 0.25) is 10.0 Å². The molecule has 0 aromatic heterocycles. The molecule has 2 aliphatic heterocycles. The normalized spacial score (nSPS) is 17.2. The second kappa shape index (κ2) is 26.6. The third-order valence-electron chi connectivity index (χ3n) is 11.2. The number of nitrogens with zero attached hydrogens (tertiary/aromatic N) is 4. The van der Waals surface area contributed by atoms with Gasteiger partial charge in [0, 0.05) is 54.1 Å². The molecular formula is C54H62Cl2N6O9. The Morgan fingerprint density at radius 3 is 1.34 bits per heavy atom. The van der Waals surface area contributed by atoms with Crippen molar-refractivity contribution in [2.75, 3.05) is 91.5 Å². The maximum atomic E-state index is 13.1. The van der Waals surface area contributed by atoms with E-state index in [0.29, 0.717) is 51.0 Å². The fourth-order valence-electron chi connectivity index (χ4n) is 7.69. The van der Waals surface area contributed by atoms with Gasteiger partial charge in [0.2, 0.25) is 0 Å². The van der Waals surface area contributed by atoms with Gasteiger partial charge in [0.15, 0.2) is 6.10 Å². The number of cyclic esters (lactones) is 2. The summed E-state index contributed by atoms with van der Waals surface area (Å²) in [5.41, 5.74) is 8.29. The molecule has 0 saturated carbocycles. The predicted octanol–water partition coefficient (Wildman–Crippen LogP) is 10.1. The van der Waals surface area contributed by atoms with E-state index in [9.17, 15) is 14.7 Å². The van der Waals surface area contributed by atoms with E-state index in [1.54, 1.807) is 91.9 Å². The van der Waals surface area contributed by atoms with Crippen molar-refractivity contribution >= 4 is 46.8 Å². The van der Waals surface area contributed by atoms with Gasteiger partial charge in [-0.15, -0.1) is 0 Å². The third kappa shape index (κ3) is 15.2. The highest BCUT2D eigenvalue weighted by atomic mass is 35.5. The molecule has 15 nitrogen and oxygen atoms in total. The SMILES string of the molecule is CN(C)CCN.COc1cccc([C@H]2[C@H](CNCCN(C)C)OC(=O)N2c2ccc(Oc3ccc(Cl)cc3)cc2)c1.COc1cccc([C@H]2[C@H](CO)OC(=O)N2c2ccc(Oc3ccc(Cl)cc3)cc2)c1. The maximum Gasteiger partial charge on any atom is 0.415 e. The van der Waals surface area contributed by atoms with E-state index < -0.39 is 18.2 Å². The lowest BCUT2D eigenvalue weighted by molar-refractivity contribution is 0.0829. The van der Waals surface area contributed by atoms with E-state index >= 15 is 0 Å². The molecule has 0 radical (unpaired) electrons. The number of hydrogen-bond donors (Lipinski definition) is 3. The Kier molecular flexibility index (Phi) is 20.1. The molecule has 8 rings (SSSR count). The van der Waals surface area contributed by atoms with Crippen LogP contribution in [0, 0.1) is 0 Å². The number of carbonyl (C=O) groups is 2. The number of amides is 2. The van der Waals surface area contributed by atoms with Crippen molar-refractivity contribution in [1.82, 2.24) is 15.1 Å². The predicted molar refractivity (Wildman–Crippen MR) is 279 cm³/mol. The Bertz CT molecular complexity index is 2590. The van der Waals surface area contributed by atoms with Gasteiger partial charge < -0.3 is 54.4 Å². The van der Waals surface area contributed by atoms with Crippen LogP contribution in [0.4, 0.5) is 21.0 Å². The average molecular weight is 1010 g/mol. The summed E-state index contributed by atoms with van der Waals surface area (Å²) in [7, 11) is 11.3. The number of nitrogens with two attached hydrogens (primary N) is 1. The summed E-state index contributed by atoms with van der Waals surface area (Å²) in [4.78, 5) is 33.1. The second-order valence-electron chi connectivity index (χ2n) is 16.9. The van der Waals surface area contributed by atoms with Gasteiger partial charge in [0.1, 0.15) is 52.7 Å². The standard InChI is InChI=1S/C27H30ClN3O4.C23H20ClNO5.C4H12N2/c1-30(2)16-15-29-18-25-26(19-5-4-6-24(17-19)33-3)31(27(32)35-25)21-9-13-23(14-10-21)34-22-11-7-20(28)8-12-22;1-28-20-4-2-3-15(13-20)22-21(14-26)30-23(27)25(22)17-7-11-19(12-8-17)29-18-9-5-16(24)6-10-18;1-6(2)4-3-5/h4-14,17,25-26,29H,15-16,18H2,1-3H3;2-13,21-22,26H,14H2,1H3;3-5H2,1-2H3/t25-,26-;21-,22-;/m00./s1. The second-order valence-corrected chi connectivity index (χ2v) is 17.8. The lowest BCUT2D eigenvalue weighted by Crippen LogP contribution is -2.37. The molecule has 17 heteroatoms. The maximum absolute atomic E-state index is 13.1. The number of hydrogen-bond acceptors (Lipinski definition) is 13. The average Bonchev–Trinajstić information content (AvgIpc) is 3.90. The van der Waals surface area contributed by atoms with E-state index in [2.05, 4.69) is 15.1 Å². The van der Waals surface area contributed by atoms with E-state index in [-0.39, 0.29) is 24.8 Å². The van der Waals surface area contributed by atoms with Crippen LogP contribution in [0.3, 0.4) is 0 Å². The van der Waals surface area contributed by atoms with E-state index in [1.165, 1.54) is 4.90 Å². The molecule has 4 atom stereocenters. The van der Waals surface area contributed by atoms with Gasteiger partial charge in [-0.25, -0.2) is 9.59 Å². The Morgan fingerprint density at radius 1 is 0.577 bits per heavy atom. The lowest BCUT2D eigenvalue weighted by atomic mass is 9.99. The highest BCUT2D eigenvalue weighted by molar-refractivity contribution is 6.30. The molecule has 6 aromatic rings. The fourth-order valence-corrected chi connectivity index (χ4v) is 7.95. The van der Waals surface area contributed by atoms with Gasteiger partial charge in [0.05, 0.1) is 20.8 Å². The minimum Gasteiger partial charge on any atom is -0.497 e. The number of anilines is 2. The first kappa shape index (κ1) is 53.8. The van der Waals surface area contributed by atoms with E-state index in [4.69, 9.17) is 57.4 Å². The van der Waals surface area contributed by atoms with Crippen molar-refractivity contribution < 1.29 is 43.1 Å². The van der Waals surface area contributed by atoms with Crippen molar-refractivity contribution in [2.24, 2.45) is 5.73 Å². The summed E-state index contributed by atoms with van der Waals surface area (Å²) < 4.78 is 33.7. The van der Waals surface area contributed by atoms with Gasteiger partial charge in [-0.2, -0.15) is 0 Å². The van der Waals surface area contributed by atoms with Crippen LogP contribution in [0.5, 0.6) is 34.5 Å². The largest absolute Gasteiger partial charge is 0.497 e. The molecule has 2 amide bonds. The molecule has 0 unspecified atom stereocenters. The Hall–Kier alpha value is -6.56. The van der Waals surface area contributed by atoms with Crippen LogP contribution in [0.1, 0.15) is 23.2 Å². The van der Waals surface area contributed by atoms with Crippen LogP contribution < -0.4 is 39.8 Å². The molecule has 2 saturated heterocycles. The van der Waals surface area contributed by atoms with Gasteiger partial charge >= 0.3 is 12.2 Å². The highest BCUT2D eigenvalue weighted by Crippen LogP contribution is 2.41. The zero-order valence-corrected chi connectivity index (χ0v) is 42.3. The first-order chi connectivity index (χ1) is 34.3. The first-order valence-corrected chi connectivity index (χ1v) is 23.7. The molecular weight excluding hydrogens is 948 g/mol. The number of rotatable bonds is 18. The number of likely N-dealkylation sites (N-methyl/N-ethyl adjacent to an activating group) is 2. The minimum atomic E-state index is -0.686. The number of aliphatic hydroxyl groups is 1. The number of halogens is 2. The van der Waals surface area contributed by atoms with Crippen LogP contribution in [0.15, 0.2) is 146 Å². The molecule has 2 aliphatic rings. The zero-order valence-electron chi connectivity index (χ0n) is 40.7. The van der Waals surface area contributed by atoms with Gasteiger partial charge in [-0.1, -0.05) is 47.5 Å². The lowest BCUT2D eigenvalue weighted by Gasteiger charge is -2.26. The Balaban J connectivity index is 0.000000210. The molecule has 0 aliphatic carbocycles. The molecule has 0 spiro atoms. The van der Waals surface area contributed by atoms with Gasteiger partial charge in [-0.05, 0) is 161 Å². The molecule has 4 N–H and O–H groups in total. The number of methoxy groups -OCH3 is 2. The zero-order chi connectivity index (χ0) is 50.9. The summed E-state index contributed by atoms with van der Waals surface area (Å²) >= 11 is 11.8. The smallest absolute Gasteiger partial charge is 0.415 e. The van der Waals surface area contributed by atoms with Crippen LogP contribution in [-0.2, 0) is 9.47 Å². The highest BCUT2D eigenvalue weighted by Gasteiger charge is 2.45. The summed E-state index contributed by atoms with van der Waals surface area (Å²) in [5.74, 6) is 4.00. The Labute approximate surface area is 426 Å². The first-order valence-electron chi connectivity index (χ1n) is 23.0. The number of nitrogens with one attached hydrogen (secondary N) is 1. The van der Waals surface area contributed by atoms with Crippen molar-refractivity contribution in [2.45, 2.75) is 24.3 Å². The van der Waals surface area contributed by atoms with Gasteiger partial charge in [0.25, 0.3) is 0 Å². The number of ether oxygens (including phenoxy) is 6. The third-order valence-corrected chi connectivity index (χ3v) is 11.7. The number of benzene rings is 6. The van der Waals surface area contributed by atoms with Crippen molar-refractivity contribution in [3.05, 3.63) is 167 Å². The van der Waals surface area contributed by atoms with Crippen LogP contribution in [-0.4, -0.2) is 121 Å². The van der Waals surface area contributed by atoms with Gasteiger partial charge in [-0.3, -0.25) is 9.80 Å². The minimum absolute atomic E-state index is 0.290. The monoisotopic (exact) mass is 1010 g/mol. The topological polar surface area (TPSA) is 161 Å². The molecule has 376 valence electrons. The quantitative estimate of drug-likeness (QED) is 0.0699. The molecule has 2 heterocycles. The van der Waals surface area contributed by atoms with Crippen molar-refractivity contribution in [1.29, 1.82) is 0 Å².